The number of ketones is 1. The summed E-state index contributed by atoms with van der Waals surface area (Å²) >= 11 is 0. The molecule has 0 unspecified atom stereocenters. The van der Waals surface area contributed by atoms with Crippen LogP contribution in [0, 0.1) is 0 Å². The highest BCUT2D eigenvalue weighted by Crippen LogP contribution is 2.24. The van der Waals surface area contributed by atoms with Gasteiger partial charge in [0.25, 0.3) is 0 Å². The monoisotopic (exact) mass is 374 g/mol. The number of carbonyl (C=O) groups excluding carboxylic acids is 1. The first kappa shape index (κ1) is 18.1. The van der Waals surface area contributed by atoms with E-state index in [2.05, 4.69) is 32.3 Å². The molecule has 6 heteroatoms. The summed E-state index contributed by atoms with van der Waals surface area (Å²) in [7, 11) is 0. The van der Waals surface area contributed by atoms with E-state index in [1.54, 1.807) is 6.92 Å². The summed E-state index contributed by atoms with van der Waals surface area (Å²) in [4.78, 5) is 22.6. The number of nitrogens with zero attached hydrogens (tertiary/aromatic N) is 3. The Kier molecular flexibility index (Phi) is 5.30. The Morgan fingerprint density at radius 1 is 1.04 bits per heavy atom. The number of hydrogen-bond donors (Lipinski definition) is 1. The Morgan fingerprint density at radius 2 is 1.82 bits per heavy atom. The summed E-state index contributed by atoms with van der Waals surface area (Å²) < 4.78 is 5.41. The number of carbonyl (C=O) groups is 1. The van der Waals surface area contributed by atoms with Gasteiger partial charge in [-0.2, -0.15) is 0 Å². The SMILES string of the molecule is CC(=O)c1cccc(-c2cc(Nc3ccc(N4CCOCC4)cc3)ncn2)c1. The number of rotatable bonds is 5. The number of hydrogen-bond acceptors (Lipinski definition) is 6. The van der Waals surface area contributed by atoms with Crippen LogP contribution in [0.5, 0.6) is 0 Å². The molecule has 0 amide bonds. The van der Waals surface area contributed by atoms with Gasteiger partial charge in [-0.15, -0.1) is 0 Å². The molecule has 0 aliphatic carbocycles. The minimum Gasteiger partial charge on any atom is -0.378 e. The van der Waals surface area contributed by atoms with Crippen molar-refractivity contribution in [1.82, 2.24) is 9.97 Å². The molecule has 1 aromatic heterocycles. The smallest absolute Gasteiger partial charge is 0.159 e. The van der Waals surface area contributed by atoms with E-state index in [4.69, 9.17) is 4.74 Å². The third kappa shape index (κ3) is 4.18. The molecule has 0 radical (unpaired) electrons. The summed E-state index contributed by atoms with van der Waals surface area (Å²) in [6.07, 6.45) is 1.53. The van der Waals surface area contributed by atoms with Crippen LogP contribution in [0.1, 0.15) is 17.3 Å². The normalized spacial score (nSPS) is 14.0. The molecule has 1 saturated heterocycles. The Morgan fingerprint density at radius 3 is 2.57 bits per heavy atom. The van der Waals surface area contributed by atoms with Crippen LogP contribution in [0.3, 0.4) is 0 Å². The topological polar surface area (TPSA) is 67.4 Å². The molecule has 3 aromatic rings. The van der Waals surface area contributed by atoms with Crippen LogP contribution in [0.2, 0.25) is 0 Å². The molecule has 2 aromatic carbocycles. The van der Waals surface area contributed by atoms with Crippen molar-refractivity contribution in [3.8, 4) is 11.3 Å². The maximum Gasteiger partial charge on any atom is 0.159 e. The van der Waals surface area contributed by atoms with Crippen LogP contribution in [0.15, 0.2) is 60.9 Å². The Hall–Kier alpha value is -3.25. The molecule has 0 saturated carbocycles. The van der Waals surface area contributed by atoms with Crippen LogP contribution in [-0.2, 0) is 4.74 Å². The van der Waals surface area contributed by atoms with Gasteiger partial charge in [0.1, 0.15) is 12.1 Å². The average molecular weight is 374 g/mol. The lowest BCUT2D eigenvalue weighted by atomic mass is 10.1. The van der Waals surface area contributed by atoms with Crippen molar-refractivity contribution in [2.24, 2.45) is 0 Å². The quantitative estimate of drug-likeness (QED) is 0.683. The molecule has 1 N–H and O–H groups in total. The van der Waals surface area contributed by atoms with Crippen molar-refractivity contribution in [2.75, 3.05) is 36.5 Å². The van der Waals surface area contributed by atoms with Crippen LogP contribution < -0.4 is 10.2 Å². The van der Waals surface area contributed by atoms with Gasteiger partial charge in [0.05, 0.1) is 18.9 Å². The second-order valence-electron chi connectivity index (χ2n) is 6.70. The molecule has 142 valence electrons. The third-order valence-electron chi connectivity index (χ3n) is 4.75. The van der Waals surface area contributed by atoms with Crippen molar-refractivity contribution in [2.45, 2.75) is 6.92 Å². The van der Waals surface area contributed by atoms with Gasteiger partial charge in [-0.25, -0.2) is 9.97 Å². The molecule has 1 fully saturated rings. The first-order valence-corrected chi connectivity index (χ1v) is 9.32. The van der Waals surface area contributed by atoms with Crippen LogP contribution in [0.4, 0.5) is 17.2 Å². The Bertz CT molecular complexity index is 966. The molecule has 2 heterocycles. The fourth-order valence-electron chi connectivity index (χ4n) is 3.21. The molecule has 28 heavy (non-hydrogen) atoms. The van der Waals surface area contributed by atoms with Gasteiger partial charge < -0.3 is 15.0 Å². The van der Waals surface area contributed by atoms with Crippen LogP contribution >= 0.6 is 0 Å². The lowest BCUT2D eigenvalue weighted by Gasteiger charge is -2.28. The van der Waals surface area contributed by atoms with Gasteiger partial charge in [-0.05, 0) is 37.3 Å². The van der Waals surface area contributed by atoms with E-state index in [-0.39, 0.29) is 5.78 Å². The second kappa shape index (κ2) is 8.19. The minimum atomic E-state index is 0.0367. The standard InChI is InChI=1S/C22H22N4O2/c1-16(27)17-3-2-4-18(13-17)21-14-22(24-15-23-21)25-19-5-7-20(8-6-19)26-9-11-28-12-10-26/h2-8,13-15H,9-12H2,1H3,(H,23,24,25). The van der Waals surface area contributed by atoms with Gasteiger partial charge in [0.2, 0.25) is 0 Å². The van der Waals surface area contributed by atoms with E-state index in [9.17, 15) is 4.79 Å². The highest BCUT2D eigenvalue weighted by atomic mass is 16.5. The lowest BCUT2D eigenvalue weighted by Crippen LogP contribution is -2.36. The summed E-state index contributed by atoms with van der Waals surface area (Å²) in [6.45, 7) is 4.94. The first-order valence-electron chi connectivity index (χ1n) is 9.32. The van der Waals surface area contributed by atoms with E-state index in [0.29, 0.717) is 11.4 Å². The van der Waals surface area contributed by atoms with Crippen LogP contribution in [-0.4, -0.2) is 42.1 Å². The van der Waals surface area contributed by atoms with E-state index >= 15 is 0 Å². The number of anilines is 3. The van der Waals surface area contributed by atoms with Gasteiger partial charge >= 0.3 is 0 Å². The summed E-state index contributed by atoms with van der Waals surface area (Å²) in [5.41, 5.74) is 4.48. The zero-order valence-electron chi connectivity index (χ0n) is 15.8. The third-order valence-corrected chi connectivity index (χ3v) is 4.75. The van der Waals surface area contributed by atoms with Crippen molar-refractivity contribution >= 4 is 23.0 Å². The number of aromatic nitrogens is 2. The molecule has 4 rings (SSSR count). The number of Topliss-reactive ketones (excluding diaryl/α,β-unsaturated/α-hetero) is 1. The molecule has 1 aliphatic rings. The number of morpholine rings is 1. The summed E-state index contributed by atoms with van der Waals surface area (Å²) in [5, 5.41) is 3.32. The number of ether oxygens (including phenoxy) is 1. The average Bonchev–Trinajstić information content (AvgIpc) is 2.75. The summed E-state index contributed by atoms with van der Waals surface area (Å²) in [5.74, 6) is 0.743. The lowest BCUT2D eigenvalue weighted by molar-refractivity contribution is 0.101. The minimum absolute atomic E-state index is 0.0367. The zero-order valence-corrected chi connectivity index (χ0v) is 15.8. The predicted octanol–water partition coefficient (Wildman–Crippen LogP) is 3.93. The fraction of sp³-hybridized carbons (Fsp3) is 0.227. The second-order valence-corrected chi connectivity index (χ2v) is 6.70. The summed E-state index contributed by atoms with van der Waals surface area (Å²) in [6, 6.07) is 17.6. The highest BCUT2D eigenvalue weighted by molar-refractivity contribution is 5.95. The van der Waals surface area contributed by atoms with Gasteiger partial charge in [0, 0.05) is 41.7 Å². The van der Waals surface area contributed by atoms with E-state index < -0.39 is 0 Å². The number of benzene rings is 2. The Labute approximate surface area is 164 Å². The largest absolute Gasteiger partial charge is 0.378 e. The van der Waals surface area contributed by atoms with Gasteiger partial charge in [-0.1, -0.05) is 18.2 Å². The predicted molar refractivity (Wildman–Crippen MR) is 110 cm³/mol. The zero-order chi connectivity index (χ0) is 19.3. The molecule has 0 spiro atoms. The molecular weight excluding hydrogens is 352 g/mol. The van der Waals surface area contributed by atoms with E-state index in [1.807, 2.05) is 42.5 Å². The van der Waals surface area contributed by atoms with Gasteiger partial charge in [-0.3, -0.25) is 4.79 Å². The molecule has 0 bridgehead atoms. The number of nitrogens with one attached hydrogen (secondary N) is 1. The van der Waals surface area contributed by atoms with Crippen molar-refractivity contribution in [1.29, 1.82) is 0 Å². The maximum absolute atomic E-state index is 11.6. The molecular formula is C22H22N4O2. The fourth-order valence-corrected chi connectivity index (χ4v) is 3.21. The van der Waals surface area contributed by atoms with Crippen molar-refractivity contribution in [3.63, 3.8) is 0 Å². The Balaban J connectivity index is 1.50. The van der Waals surface area contributed by atoms with E-state index in [1.165, 1.54) is 12.0 Å². The maximum atomic E-state index is 11.6. The van der Waals surface area contributed by atoms with Crippen LogP contribution in [0.25, 0.3) is 11.3 Å². The van der Waals surface area contributed by atoms with Crippen molar-refractivity contribution < 1.29 is 9.53 Å². The first-order chi connectivity index (χ1) is 13.7. The molecule has 0 atom stereocenters. The van der Waals surface area contributed by atoms with Gasteiger partial charge in [0.15, 0.2) is 5.78 Å². The molecule has 1 aliphatic heterocycles. The van der Waals surface area contributed by atoms with E-state index in [0.717, 1.165) is 43.2 Å². The van der Waals surface area contributed by atoms with Crippen molar-refractivity contribution in [3.05, 3.63) is 66.5 Å². The highest BCUT2D eigenvalue weighted by Gasteiger charge is 2.11. The molecule has 6 nitrogen and oxygen atoms in total.